The zero-order chi connectivity index (χ0) is 35.3. The minimum atomic E-state index is -0.590. The van der Waals surface area contributed by atoms with Gasteiger partial charge in [-0.25, -0.2) is 9.48 Å². The highest BCUT2D eigenvalue weighted by molar-refractivity contribution is 5.90. The summed E-state index contributed by atoms with van der Waals surface area (Å²) in [7, 11) is 0. The fourth-order valence-corrected chi connectivity index (χ4v) is 11.1. The first-order chi connectivity index (χ1) is 23.2. The first-order valence-electron chi connectivity index (χ1n) is 18.2. The van der Waals surface area contributed by atoms with Gasteiger partial charge in [0.2, 0.25) is 0 Å². The summed E-state index contributed by atoms with van der Waals surface area (Å²) in [6.07, 6.45) is 8.07. The summed E-state index contributed by atoms with van der Waals surface area (Å²) < 4.78 is 13.8. The number of aliphatic hydroxyl groups is 2. The predicted octanol–water partition coefficient (Wildman–Crippen LogP) is 6.91. The second kappa shape index (κ2) is 13.4. The highest BCUT2D eigenvalue weighted by Crippen LogP contribution is 2.74. The van der Waals surface area contributed by atoms with Crippen LogP contribution in [-0.2, 0) is 25.7 Å². The smallest absolute Gasteiger partial charge is 0.334 e. The van der Waals surface area contributed by atoms with Gasteiger partial charge in [0.1, 0.15) is 18.4 Å². The van der Waals surface area contributed by atoms with Crippen LogP contribution in [0.4, 0.5) is 0 Å². The molecule has 4 fully saturated rings. The normalized spacial score (nSPS) is 37.7. The van der Waals surface area contributed by atoms with Crippen LogP contribution in [0.15, 0.2) is 59.3 Å². The molecule has 2 N–H and O–H groups in total. The van der Waals surface area contributed by atoms with Crippen molar-refractivity contribution in [1.29, 1.82) is 0 Å². The Bertz CT molecular complexity index is 1610. The largest absolute Gasteiger partial charge is 0.458 e. The van der Waals surface area contributed by atoms with E-state index in [0.29, 0.717) is 42.9 Å². The van der Waals surface area contributed by atoms with E-state index in [9.17, 15) is 19.8 Å². The average molecular weight is 674 g/mol. The summed E-state index contributed by atoms with van der Waals surface area (Å²) in [5.41, 5.74) is 3.17. The molecule has 0 spiro atoms. The number of fused-ring (bicyclic) bond motifs is 5. The molecule has 0 saturated heterocycles. The number of carbonyl (C=O) groups is 2. The number of carbonyl (C=O) groups excluding carboxylic acids is 2. The molecule has 9 heteroatoms. The van der Waals surface area contributed by atoms with Crippen molar-refractivity contribution in [2.24, 2.45) is 39.9 Å². The van der Waals surface area contributed by atoms with E-state index in [1.807, 2.05) is 44.2 Å². The van der Waals surface area contributed by atoms with Crippen LogP contribution >= 0.6 is 0 Å². The molecule has 49 heavy (non-hydrogen) atoms. The maximum absolute atomic E-state index is 14.2. The van der Waals surface area contributed by atoms with Gasteiger partial charge in [-0.15, -0.1) is 5.10 Å². The third kappa shape index (κ3) is 6.19. The second-order valence-corrected chi connectivity index (χ2v) is 16.4. The van der Waals surface area contributed by atoms with Gasteiger partial charge < -0.3 is 19.7 Å². The van der Waals surface area contributed by atoms with Crippen molar-refractivity contribution in [3.63, 3.8) is 0 Å². The number of ether oxygens (including phenoxy) is 2. The van der Waals surface area contributed by atoms with E-state index < -0.39 is 18.2 Å². The molecule has 0 radical (unpaired) electrons. The summed E-state index contributed by atoms with van der Waals surface area (Å²) in [5.74, 6) is -0.444. The van der Waals surface area contributed by atoms with E-state index in [4.69, 9.17) is 9.47 Å². The molecule has 9 nitrogen and oxygen atoms in total. The fourth-order valence-electron chi connectivity index (χ4n) is 11.1. The van der Waals surface area contributed by atoms with E-state index in [2.05, 4.69) is 44.1 Å². The summed E-state index contributed by atoms with van der Waals surface area (Å²) in [6.45, 7) is 14.6. The van der Waals surface area contributed by atoms with Crippen LogP contribution in [0.2, 0.25) is 0 Å². The van der Waals surface area contributed by atoms with Gasteiger partial charge in [0, 0.05) is 12.5 Å². The quantitative estimate of drug-likeness (QED) is 0.176. The van der Waals surface area contributed by atoms with Crippen LogP contribution in [-0.4, -0.2) is 55.5 Å². The average Bonchev–Trinajstić information content (AvgIpc) is 3.63. The molecule has 2 aromatic rings. The van der Waals surface area contributed by atoms with Gasteiger partial charge in [-0.05, 0) is 123 Å². The van der Waals surface area contributed by atoms with E-state index in [1.54, 1.807) is 10.9 Å². The summed E-state index contributed by atoms with van der Waals surface area (Å²) in [6, 6.07) is 9.64. The van der Waals surface area contributed by atoms with Gasteiger partial charge in [0.15, 0.2) is 0 Å². The topological polar surface area (TPSA) is 124 Å². The maximum Gasteiger partial charge on any atom is 0.334 e. The third-order valence-corrected chi connectivity index (χ3v) is 13.5. The Morgan fingerprint density at radius 2 is 1.76 bits per heavy atom. The molecular weight excluding hydrogens is 618 g/mol. The molecule has 1 heterocycles. The monoisotopic (exact) mass is 673 g/mol. The van der Waals surface area contributed by atoms with Crippen LogP contribution in [0.25, 0.3) is 5.69 Å². The Hall–Kier alpha value is -3.30. The predicted molar refractivity (Wildman–Crippen MR) is 186 cm³/mol. The Morgan fingerprint density at radius 1 is 1.02 bits per heavy atom. The van der Waals surface area contributed by atoms with Crippen molar-refractivity contribution in [3.05, 3.63) is 65.0 Å². The van der Waals surface area contributed by atoms with Crippen molar-refractivity contribution in [3.8, 4) is 5.69 Å². The number of esters is 2. The zero-order valence-electron chi connectivity index (χ0n) is 30.3. The van der Waals surface area contributed by atoms with Gasteiger partial charge in [0.25, 0.3) is 0 Å². The first kappa shape index (κ1) is 35.5. The first-order valence-corrected chi connectivity index (χ1v) is 18.2. The highest BCUT2D eigenvalue weighted by Gasteiger charge is 2.70. The second-order valence-electron chi connectivity index (χ2n) is 16.4. The molecule has 4 aliphatic carbocycles. The molecule has 1 aromatic carbocycles. The lowest BCUT2D eigenvalue weighted by molar-refractivity contribution is -0.234. The Morgan fingerprint density at radius 3 is 2.45 bits per heavy atom. The van der Waals surface area contributed by atoms with Crippen molar-refractivity contribution < 1.29 is 29.3 Å². The summed E-state index contributed by atoms with van der Waals surface area (Å²) in [4.78, 5) is 26.9. The van der Waals surface area contributed by atoms with Crippen LogP contribution in [0.5, 0.6) is 0 Å². The van der Waals surface area contributed by atoms with Gasteiger partial charge in [-0.1, -0.05) is 62.8 Å². The van der Waals surface area contributed by atoms with Gasteiger partial charge >= 0.3 is 11.9 Å². The van der Waals surface area contributed by atoms with Gasteiger partial charge in [-0.2, -0.15) is 0 Å². The van der Waals surface area contributed by atoms with Crippen LogP contribution in [0, 0.1) is 39.9 Å². The minimum absolute atomic E-state index is 0.0283. The number of hydrogen-bond acceptors (Lipinski definition) is 8. The SMILES string of the molecule is CC(=O)O[C@H]1C[C@@]2(C)[C@@H](C[C@@H](O)[C@H]3[C@@]4(C)CC[C@@H](O)[C@@H](C)[C@@H]4CC[C@@]32C)/C1=C(\CCC=C(C)C)C(=O)OCc1cn(-c2ccccc2)nn1. The fraction of sp³-hybridized carbons (Fsp3) is 0.650. The van der Waals surface area contributed by atoms with Crippen LogP contribution in [0.3, 0.4) is 0 Å². The number of allylic oxidation sites excluding steroid dienone is 2. The van der Waals surface area contributed by atoms with E-state index in [0.717, 1.165) is 42.5 Å². The highest BCUT2D eigenvalue weighted by atomic mass is 16.5. The number of benzene rings is 1. The van der Waals surface area contributed by atoms with Crippen LogP contribution < -0.4 is 0 Å². The Balaban J connectivity index is 1.37. The number of rotatable bonds is 8. The summed E-state index contributed by atoms with van der Waals surface area (Å²) >= 11 is 0. The zero-order valence-corrected chi connectivity index (χ0v) is 30.3. The number of hydrogen-bond donors (Lipinski definition) is 2. The lowest BCUT2D eigenvalue weighted by Gasteiger charge is -2.69. The molecule has 1 aromatic heterocycles. The molecule has 4 aliphatic rings. The molecular formula is C40H55N3O6. The number of aromatic nitrogens is 3. The van der Waals surface area contributed by atoms with Crippen molar-refractivity contribution in [1.82, 2.24) is 15.0 Å². The Kier molecular flexibility index (Phi) is 9.74. The molecule has 266 valence electrons. The van der Waals surface area contributed by atoms with E-state index >= 15 is 0 Å². The number of aliphatic hydroxyl groups excluding tert-OH is 2. The molecule has 0 bridgehead atoms. The Labute approximate surface area is 291 Å². The minimum Gasteiger partial charge on any atom is -0.458 e. The summed E-state index contributed by atoms with van der Waals surface area (Å²) in [5, 5.41) is 31.5. The number of para-hydroxylation sites is 1. The molecule has 4 saturated carbocycles. The molecule has 0 amide bonds. The van der Waals surface area contributed by atoms with E-state index in [-0.39, 0.29) is 52.7 Å². The molecule has 10 atom stereocenters. The third-order valence-electron chi connectivity index (χ3n) is 13.5. The number of nitrogens with zero attached hydrogens (tertiary/aromatic N) is 3. The van der Waals surface area contributed by atoms with E-state index in [1.165, 1.54) is 6.92 Å². The van der Waals surface area contributed by atoms with Crippen molar-refractivity contribution in [2.45, 2.75) is 125 Å². The van der Waals surface area contributed by atoms with Gasteiger partial charge in [-0.3, -0.25) is 4.79 Å². The lowest BCUT2D eigenvalue weighted by atomic mass is 9.36. The maximum atomic E-state index is 14.2. The molecule has 0 aliphatic heterocycles. The molecule has 6 rings (SSSR count). The van der Waals surface area contributed by atoms with Crippen molar-refractivity contribution in [2.75, 3.05) is 0 Å². The van der Waals surface area contributed by atoms with Gasteiger partial charge in [0.05, 0.1) is 24.1 Å². The molecule has 0 unspecified atom stereocenters. The lowest BCUT2D eigenvalue weighted by Crippen LogP contribution is -2.65. The van der Waals surface area contributed by atoms with Crippen molar-refractivity contribution >= 4 is 11.9 Å². The standard InChI is InChI=1S/C40H55N3O6/c1-24(2)12-11-15-29(37(47)48-23-27-22-43(42-41-27)28-13-9-8-10-14-28)35-31-20-33(46)36-38(5)18-17-32(45)25(3)30(38)16-19-39(36,6)40(31,7)21-34(35)49-26(4)44/h8-10,12-14,22,25,30-34,36,45-46H,11,15-21,23H2,1-7H3/b35-29-/t25-,30-,31-,32+,33+,34-,36-,38-,39-,40-/m0/s1. The van der Waals surface area contributed by atoms with Crippen LogP contribution in [0.1, 0.15) is 106 Å².